The Bertz CT molecular complexity index is 1160. The molecule has 1 saturated carbocycles. The highest BCUT2D eigenvalue weighted by Gasteiger charge is 2.30. The van der Waals surface area contributed by atoms with E-state index >= 15 is 0 Å². The van der Waals surface area contributed by atoms with E-state index in [4.69, 9.17) is 4.98 Å². The first-order valence-electron chi connectivity index (χ1n) is 10.2. The summed E-state index contributed by atoms with van der Waals surface area (Å²) in [4.78, 5) is 29.7. The normalized spacial score (nSPS) is 13.5. The lowest BCUT2D eigenvalue weighted by Gasteiger charge is -2.22. The van der Waals surface area contributed by atoms with Crippen molar-refractivity contribution in [1.82, 2.24) is 15.0 Å². The molecule has 1 aromatic carbocycles. The number of carbonyl (C=O) groups excluding carboxylic acids is 1. The molecule has 1 fully saturated rings. The topological polar surface area (TPSA) is 65.1 Å². The van der Waals surface area contributed by atoms with E-state index in [2.05, 4.69) is 27.2 Å². The molecule has 0 bridgehead atoms. The molecule has 0 spiro atoms. The van der Waals surface area contributed by atoms with Crippen LogP contribution in [-0.2, 0) is 6.54 Å². The van der Waals surface area contributed by atoms with Crippen LogP contribution in [0.1, 0.15) is 35.8 Å². The van der Waals surface area contributed by atoms with Gasteiger partial charge in [-0.05, 0) is 56.2 Å². The Labute approximate surface area is 179 Å². The zero-order valence-electron chi connectivity index (χ0n) is 16.8. The van der Waals surface area contributed by atoms with Crippen LogP contribution >= 0.6 is 11.3 Å². The fourth-order valence-electron chi connectivity index (χ4n) is 3.73. The van der Waals surface area contributed by atoms with Gasteiger partial charge in [0.05, 0.1) is 17.8 Å². The summed E-state index contributed by atoms with van der Waals surface area (Å²) in [5, 5.41) is 4.19. The third-order valence-electron chi connectivity index (χ3n) is 5.44. The number of nitrogens with zero attached hydrogens (tertiary/aromatic N) is 4. The number of fused-ring (bicyclic) bond motifs is 1. The van der Waals surface area contributed by atoms with Gasteiger partial charge in [-0.3, -0.25) is 9.78 Å². The van der Waals surface area contributed by atoms with Crippen molar-refractivity contribution >= 4 is 39.0 Å². The van der Waals surface area contributed by atoms with Gasteiger partial charge in [-0.15, -0.1) is 11.3 Å². The number of nitrogens with one attached hydrogen (secondary N) is 1. The minimum Gasteiger partial charge on any atom is -0.361 e. The fourth-order valence-corrected chi connectivity index (χ4v) is 4.68. The number of carbonyl (C=O) groups is 1. The third-order valence-corrected chi connectivity index (χ3v) is 6.36. The molecule has 0 radical (unpaired) electrons. The summed E-state index contributed by atoms with van der Waals surface area (Å²) in [7, 11) is 0. The van der Waals surface area contributed by atoms with E-state index in [-0.39, 0.29) is 5.91 Å². The van der Waals surface area contributed by atoms with Gasteiger partial charge in [-0.1, -0.05) is 0 Å². The van der Waals surface area contributed by atoms with Gasteiger partial charge in [-0.2, -0.15) is 0 Å². The molecule has 1 N–H and O–H groups in total. The number of amides is 1. The summed E-state index contributed by atoms with van der Waals surface area (Å²) < 4.78 is 0. The Kier molecular flexibility index (Phi) is 4.96. The Hall–Kier alpha value is -3.19. The molecule has 152 valence electrons. The average molecular weight is 418 g/mol. The molecule has 3 heterocycles. The predicted molar refractivity (Wildman–Crippen MR) is 121 cm³/mol. The molecule has 0 unspecified atom stereocenters. The number of hydrogen-bond donors (Lipinski definition) is 1. The standard InChI is InChI=1S/C23H23N5OS/c1-2-27(19-5-6-19)23-26-18(15-30-23)14-28(22(29)17-4-3-10-24-13-17)20-7-8-21-16(12-20)9-11-25-21/h3-4,7-13,15,19,25H,2,5-6,14H2,1H3. The molecule has 1 aliphatic rings. The lowest BCUT2D eigenvalue weighted by Crippen LogP contribution is -2.31. The monoisotopic (exact) mass is 417 g/mol. The molecular formula is C23H23N5OS. The lowest BCUT2D eigenvalue weighted by molar-refractivity contribution is 0.0984. The summed E-state index contributed by atoms with van der Waals surface area (Å²) in [5.74, 6) is -0.0814. The van der Waals surface area contributed by atoms with Crippen molar-refractivity contribution in [2.75, 3.05) is 16.3 Å². The number of anilines is 2. The summed E-state index contributed by atoms with van der Waals surface area (Å²) in [6.45, 7) is 3.55. The van der Waals surface area contributed by atoms with Crippen LogP contribution in [0.15, 0.2) is 60.4 Å². The minimum absolute atomic E-state index is 0.0814. The molecule has 30 heavy (non-hydrogen) atoms. The molecule has 0 atom stereocenters. The molecule has 1 aliphatic carbocycles. The van der Waals surface area contributed by atoms with Crippen LogP contribution in [0.3, 0.4) is 0 Å². The lowest BCUT2D eigenvalue weighted by atomic mass is 10.1. The number of thiazole rings is 1. The summed E-state index contributed by atoms with van der Waals surface area (Å²) in [6.07, 6.45) is 7.68. The van der Waals surface area contributed by atoms with Crippen LogP contribution < -0.4 is 9.80 Å². The Morgan fingerprint density at radius 3 is 2.93 bits per heavy atom. The maximum atomic E-state index is 13.4. The number of H-pyrrole nitrogens is 1. The van der Waals surface area contributed by atoms with E-state index in [0.717, 1.165) is 34.0 Å². The number of rotatable bonds is 7. The number of benzene rings is 1. The first kappa shape index (κ1) is 18.8. The van der Waals surface area contributed by atoms with E-state index in [9.17, 15) is 4.79 Å². The molecule has 7 heteroatoms. The van der Waals surface area contributed by atoms with Gasteiger partial charge in [0.15, 0.2) is 5.13 Å². The summed E-state index contributed by atoms with van der Waals surface area (Å²) in [6, 6.07) is 12.2. The maximum Gasteiger partial charge on any atom is 0.260 e. The number of hydrogen-bond acceptors (Lipinski definition) is 5. The van der Waals surface area contributed by atoms with Crippen LogP contribution in [0.4, 0.5) is 10.8 Å². The summed E-state index contributed by atoms with van der Waals surface area (Å²) in [5.41, 5.74) is 3.36. The first-order valence-corrected chi connectivity index (χ1v) is 11.1. The minimum atomic E-state index is -0.0814. The SMILES string of the molecule is CCN(c1nc(CN(C(=O)c2cccnc2)c2ccc3[nH]ccc3c2)cs1)C1CC1. The zero-order valence-corrected chi connectivity index (χ0v) is 17.6. The Morgan fingerprint density at radius 1 is 1.27 bits per heavy atom. The average Bonchev–Trinajstić information content (AvgIpc) is 3.32. The van der Waals surface area contributed by atoms with Gasteiger partial charge in [0, 0.05) is 53.1 Å². The van der Waals surface area contributed by atoms with E-state index in [1.807, 2.05) is 30.5 Å². The zero-order chi connectivity index (χ0) is 20.5. The van der Waals surface area contributed by atoms with Crippen molar-refractivity contribution < 1.29 is 4.79 Å². The van der Waals surface area contributed by atoms with Crippen LogP contribution in [-0.4, -0.2) is 33.4 Å². The quantitative estimate of drug-likeness (QED) is 0.467. The second kappa shape index (κ2) is 7.91. The largest absolute Gasteiger partial charge is 0.361 e. The predicted octanol–water partition coefficient (Wildman–Crippen LogP) is 4.86. The van der Waals surface area contributed by atoms with Crippen molar-refractivity contribution in [3.8, 4) is 0 Å². The highest BCUT2D eigenvalue weighted by molar-refractivity contribution is 7.13. The van der Waals surface area contributed by atoms with E-state index in [0.29, 0.717) is 18.2 Å². The van der Waals surface area contributed by atoms with Gasteiger partial charge in [0.1, 0.15) is 0 Å². The second-order valence-electron chi connectivity index (χ2n) is 7.52. The van der Waals surface area contributed by atoms with Crippen molar-refractivity contribution in [1.29, 1.82) is 0 Å². The molecule has 3 aromatic heterocycles. The molecule has 4 aromatic rings. The highest BCUT2D eigenvalue weighted by Crippen LogP contribution is 2.34. The molecule has 0 aliphatic heterocycles. The molecular weight excluding hydrogens is 394 g/mol. The van der Waals surface area contributed by atoms with E-state index in [1.54, 1.807) is 40.8 Å². The fraction of sp³-hybridized carbons (Fsp3) is 0.261. The van der Waals surface area contributed by atoms with Crippen molar-refractivity contribution in [3.63, 3.8) is 0 Å². The maximum absolute atomic E-state index is 13.4. The molecule has 6 nitrogen and oxygen atoms in total. The van der Waals surface area contributed by atoms with Crippen LogP contribution in [0.2, 0.25) is 0 Å². The van der Waals surface area contributed by atoms with Gasteiger partial charge >= 0.3 is 0 Å². The Balaban J connectivity index is 1.48. The number of aromatic amines is 1. The summed E-state index contributed by atoms with van der Waals surface area (Å²) >= 11 is 1.66. The van der Waals surface area contributed by atoms with Crippen LogP contribution in [0.5, 0.6) is 0 Å². The van der Waals surface area contributed by atoms with Gasteiger partial charge < -0.3 is 14.8 Å². The van der Waals surface area contributed by atoms with Gasteiger partial charge in [0.2, 0.25) is 0 Å². The van der Waals surface area contributed by atoms with E-state index < -0.39 is 0 Å². The Morgan fingerprint density at radius 2 is 2.17 bits per heavy atom. The van der Waals surface area contributed by atoms with Crippen molar-refractivity contribution in [2.24, 2.45) is 0 Å². The molecule has 0 saturated heterocycles. The molecule has 1 amide bonds. The number of pyridine rings is 1. The van der Waals surface area contributed by atoms with E-state index in [1.165, 1.54) is 12.8 Å². The van der Waals surface area contributed by atoms with Crippen LogP contribution in [0.25, 0.3) is 10.9 Å². The van der Waals surface area contributed by atoms with Crippen LogP contribution in [0, 0.1) is 0 Å². The van der Waals surface area contributed by atoms with Crippen molar-refractivity contribution in [3.05, 3.63) is 71.6 Å². The highest BCUT2D eigenvalue weighted by atomic mass is 32.1. The van der Waals surface area contributed by atoms with Gasteiger partial charge in [-0.25, -0.2) is 4.98 Å². The second-order valence-corrected chi connectivity index (χ2v) is 8.36. The number of aromatic nitrogens is 3. The van der Waals surface area contributed by atoms with Gasteiger partial charge in [0.25, 0.3) is 5.91 Å². The van der Waals surface area contributed by atoms with Crippen molar-refractivity contribution in [2.45, 2.75) is 32.4 Å². The smallest absolute Gasteiger partial charge is 0.260 e. The molecule has 5 rings (SSSR count). The third kappa shape index (κ3) is 3.68. The first-order chi connectivity index (χ1) is 14.7.